The molecular formula is C13H17BrN2. The number of halogens is 1. The van der Waals surface area contributed by atoms with Gasteiger partial charge in [0.25, 0.3) is 0 Å². The van der Waals surface area contributed by atoms with Crippen LogP contribution in [0.25, 0.3) is 0 Å². The quantitative estimate of drug-likeness (QED) is 0.891. The second-order valence-corrected chi connectivity index (χ2v) is 4.82. The fourth-order valence-electron chi connectivity index (χ4n) is 1.63. The van der Waals surface area contributed by atoms with Crippen LogP contribution in [0.3, 0.4) is 0 Å². The highest BCUT2D eigenvalue weighted by molar-refractivity contribution is 9.10. The maximum Gasteiger partial charge on any atom is 0.0638 e. The monoisotopic (exact) mass is 280 g/mol. The molecule has 0 heterocycles. The van der Waals surface area contributed by atoms with Crippen LogP contribution in [0.4, 0.5) is 0 Å². The number of rotatable bonds is 5. The van der Waals surface area contributed by atoms with Gasteiger partial charge in [0.2, 0.25) is 0 Å². The van der Waals surface area contributed by atoms with Crippen LogP contribution in [0, 0.1) is 11.3 Å². The summed E-state index contributed by atoms with van der Waals surface area (Å²) in [5.41, 5.74) is 1.25. The number of benzene rings is 1. The molecule has 0 aliphatic heterocycles. The molecular weight excluding hydrogens is 264 g/mol. The first-order valence-corrected chi connectivity index (χ1v) is 6.35. The maximum absolute atomic E-state index is 8.69. The van der Waals surface area contributed by atoms with Gasteiger partial charge in [-0.25, -0.2) is 0 Å². The molecule has 0 fully saturated rings. The number of hydrogen-bond donors (Lipinski definition) is 1. The fraction of sp³-hybridized carbons (Fsp3) is 0.462. The highest BCUT2D eigenvalue weighted by Gasteiger charge is 2.11. The standard InChI is InChI=1S/C13H17BrN2/c1-3-13(8-9-15)16-10(2)11-4-6-12(14)7-5-11/h4-7,10,13,16H,3,8H2,1-2H3/t10-,13?/m0/s1. The predicted molar refractivity (Wildman–Crippen MR) is 70.0 cm³/mol. The molecule has 0 saturated carbocycles. The summed E-state index contributed by atoms with van der Waals surface area (Å²) in [4.78, 5) is 0. The Kier molecular flexibility index (Phi) is 5.51. The van der Waals surface area contributed by atoms with Crippen LogP contribution < -0.4 is 5.32 Å². The maximum atomic E-state index is 8.69. The molecule has 1 rings (SSSR count). The smallest absolute Gasteiger partial charge is 0.0638 e. The van der Waals surface area contributed by atoms with E-state index in [0.29, 0.717) is 6.42 Å². The Balaban J connectivity index is 2.60. The first kappa shape index (κ1) is 13.2. The van der Waals surface area contributed by atoms with Gasteiger partial charge >= 0.3 is 0 Å². The highest BCUT2D eigenvalue weighted by atomic mass is 79.9. The Morgan fingerprint density at radius 2 is 2.00 bits per heavy atom. The van der Waals surface area contributed by atoms with E-state index in [9.17, 15) is 0 Å². The summed E-state index contributed by atoms with van der Waals surface area (Å²) in [5, 5.41) is 12.2. The van der Waals surface area contributed by atoms with Crippen molar-refractivity contribution in [1.82, 2.24) is 5.32 Å². The Labute approximate surface area is 106 Å². The molecule has 0 aromatic heterocycles. The van der Waals surface area contributed by atoms with Crippen LogP contribution in [0.5, 0.6) is 0 Å². The van der Waals surface area contributed by atoms with Crippen molar-refractivity contribution in [2.75, 3.05) is 0 Å². The SMILES string of the molecule is CCC(CC#N)N[C@@H](C)c1ccc(Br)cc1. The molecule has 0 amide bonds. The minimum Gasteiger partial charge on any atom is -0.306 e. The van der Waals surface area contributed by atoms with Crippen LogP contribution in [-0.2, 0) is 0 Å². The molecule has 1 aromatic rings. The Bertz CT molecular complexity index is 353. The Morgan fingerprint density at radius 1 is 1.38 bits per heavy atom. The zero-order valence-electron chi connectivity index (χ0n) is 9.70. The van der Waals surface area contributed by atoms with Crippen molar-refractivity contribution in [3.8, 4) is 6.07 Å². The van der Waals surface area contributed by atoms with E-state index < -0.39 is 0 Å². The van der Waals surface area contributed by atoms with Gasteiger partial charge in [-0.1, -0.05) is 35.0 Å². The van der Waals surface area contributed by atoms with Crippen molar-refractivity contribution in [3.05, 3.63) is 34.3 Å². The molecule has 1 unspecified atom stereocenters. The lowest BCUT2D eigenvalue weighted by atomic mass is 10.1. The molecule has 0 aliphatic rings. The normalized spacial score (nSPS) is 14.1. The number of nitriles is 1. The summed E-state index contributed by atoms with van der Waals surface area (Å²) in [6.07, 6.45) is 1.55. The van der Waals surface area contributed by atoms with E-state index in [1.807, 2.05) is 12.1 Å². The van der Waals surface area contributed by atoms with E-state index in [1.165, 1.54) is 5.56 Å². The number of nitrogens with zero attached hydrogens (tertiary/aromatic N) is 1. The zero-order chi connectivity index (χ0) is 12.0. The molecule has 1 N–H and O–H groups in total. The third-order valence-corrected chi connectivity index (χ3v) is 3.21. The molecule has 2 atom stereocenters. The van der Waals surface area contributed by atoms with Gasteiger partial charge in [0.1, 0.15) is 0 Å². The number of nitrogens with one attached hydrogen (secondary N) is 1. The summed E-state index contributed by atoms with van der Waals surface area (Å²) in [6, 6.07) is 11.1. The molecule has 16 heavy (non-hydrogen) atoms. The lowest BCUT2D eigenvalue weighted by Crippen LogP contribution is -2.30. The second-order valence-electron chi connectivity index (χ2n) is 3.91. The van der Waals surface area contributed by atoms with Gasteiger partial charge in [0.05, 0.1) is 12.5 Å². The fourth-order valence-corrected chi connectivity index (χ4v) is 1.90. The van der Waals surface area contributed by atoms with Crippen molar-refractivity contribution in [2.45, 2.75) is 38.8 Å². The summed E-state index contributed by atoms with van der Waals surface area (Å²) in [6.45, 7) is 4.23. The summed E-state index contributed by atoms with van der Waals surface area (Å²) >= 11 is 3.42. The average molecular weight is 281 g/mol. The second kappa shape index (κ2) is 6.67. The van der Waals surface area contributed by atoms with Crippen LogP contribution in [0.2, 0.25) is 0 Å². The van der Waals surface area contributed by atoms with E-state index in [2.05, 4.69) is 53.3 Å². The molecule has 0 bridgehead atoms. The Hall–Kier alpha value is -0.850. The van der Waals surface area contributed by atoms with Crippen LogP contribution in [0.15, 0.2) is 28.7 Å². The van der Waals surface area contributed by atoms with E-state index in [1.54, 1.807) is 0 Å². The topological polar surface area (TPSA) is 35.8 Å². The number of hydrogen-bond acceptors (Lipinski definition) is 2. The molecule has 0 aliphatic carbocycles. The Morgan fingerprint density at radius 3 is 2.50 bits per heavy atom. The van der Waals surface area contributed by atoms with Gasteiger partial charge in [-0.3, -0.25) is 0 Å². The lowest BCUT2D eigenvalue weighted by Gasteiger charge is -2.20. The van der Waals surface area contributed by atoms with Crippen LogP contribution >= 0.6 is 15.9 Å². The van der Waals surface area contributed by atoms with Crippen LogP contribution in [0.1, 0.15) is 38.3 Å². The lowest BCUT2D eigenvalue weighted by molar-refractivity contribution is 0.448. The van der Waals surface area contributed by atoms with Gasteiger partial charge in [0, 0.05) is 16.6 Å². The third kappa shape index (κ3) is 3.96. The minimum absolute atomic E-state index is 0.281. The van der Waals surface area contributed by atoms with Crippen molar-refractivity contribution in [1.29, 1.82) is 5.26 Å². The van der Waals surface area contributed by atoms with Crippen LogP contribution in [-0.4, -0.2) is 6.04 Å². The van der Waals surface area contributed by atoms with Gasteiger partial charge in [0.15, 0.2) is 0 Å². The van der Waals surface area contributed by atoms with Crippen molar-refractivity contribution in [3.63, 3.8) is 0 Å². The first-order chi connectivity index (χ1) is 7.67. The predicted octanol–water partition coefficient (Wildman–Crippen LogP) is 3.79. The molecule has 1 aromatic carbocycles. The van der Waals surface area contributed by atoms with E-state index >= 15 is 0 Å². The summed E-state index contributed by atoms with van der Waals surface area (Å²) < 4.78 is 1.09. The molecule has 0 saturated heterocycles. The first-order valence-electron chi connectivity index (χ1n) is 5.55. The largest absolute Gasteiger partial charge is 0.306 e. The molecule has 86 valence electrons. The van der Waals surface area contributed by atoms with Gasteiger partial charge in [-0.05, 0) is 31.0 Å². The van der Waals surface area contributed by atoms with E-state index in [4.69, 9.17) is 5.26 Å². The molecule has 0 spiro atoms. The van der Waals surface area contributed by atoms with Crippen molar-refractivity contribution in [2.24, 2.45) is 0 Å². The van der Waals surface area contributed by atoms with Gasteiger partial charge in [-0.2, -0.15) is 5.26 Å². The third-order valence-electron chi connectivity index (χ3n) is 2.69. The van der Waals surface area contributed by atoms with Crippen molar-refractivity contribution < 1.29 is 0 Å². The minimum atomic E-state index is 0.281. The molecule has 0 radical (unpaired) electrons. The van der Waals surface area contributed by atoms with E-state index in [-0.39, 0.29) is 12.1 Å². The zero-order valence-corrected chi connectivity index (χ0v) is 11.3. The molecule has 2 nitrogen and oxygen atoms in total. The highest BCUT2D eigenvalue weighted by Crippen LogP contribution is 2.17. The summed E-state index contributed by atoms with van der Waals surface area (Å²) in [5.74, 6) is 0. The van der Waals surface area contributed by atoms with Crippen molar-refractivity contribution >= 4 is 15.9 Å². The molecule has 3 heteroatoms. The van der Waals surface area contributed by atoms with Gasteiger partial charge < -0.3 is 5.32 Å². The van der Waals surface area contributed by atoms with E-state index in [0.717, 1.165) is 10.9 Å². The summed E-state index contributed by atoms with van der Waals surface area (Å²) in [7, 11) is 0. The average Bonchev–Trinajstić information content (AvgIpc) is 2.29. The van der Waals surface area contributed by atoms with Gasteiger partial charge in [-0.15, -0.1) is 0 Å².